The van der Waals surface area contributed by atoms with Crippen molar-refractivity contribution in [3.63, 3.8) is 0 Å². The molecule has 1 amide bonds. The van der Waals surface area contributed by atoms with Crippen LogP contribution in [0.3, 0.4) is 0 Å². The molecule has 0 atom stereocenters. The van der Waals surface area contributed by atoms with E-state index >= 15 is 0 Å². The Hall–Kier alpha value is -1.83. The first-order valence-corrected chi connectivity index (χ1v) is 7.39. The van der Waals surface area contributed by atoms with Gasteiger partial charge in [0.2, 0.25) is 0 Å². The van der Waals surface area contributed by atoms with E-state index in [9.17, 15) is 13.6 Å². The lowest BCUT2D eigenvalue weighted by molar-refractivity contribution is 0.0560. The number of aryl methyl sites for hydroxylation is 2. The van der Waals surface area contributed by atoms with Crippen LogP contribution >= 0.6 is 11.3 Å². The minimum atomic E-state index is -2.74. The smallest absolute Gasteiger partial charge is 0.333 e. The van der Waals surface area contributed by atoms with Crippen LogP contribution in [0.15, 0.2) is 12.3 Å². The molecule has 2 rings (SSSR count). The number of rotatable bonds is 6. The Morgan fingerprint density at radius 3 is 2.90 bits per heavy atom. The molecule has 0 aromatic carbocycles. The molecule has 0 aliphatic rings. The zero-order valence-electron chi connectivity index (χ0n) is 11.8. The molecule has 1 N–H and O–H groups in total. The number of amides is 1. The number of halogens is 2. The molecule has 0 fully saturated rings. The maximum absolute atomic E-state index is 12.4. The van der Waals surface area contributed by atoms with Gasteiger partial charge < -0.3 is 5.32 Å². The number of hydrogen-bond acceptors (Lipinski definition) is 4. The summed E-state index contributed by atoms with van der Waals surface area (Å²) in [5, 5.41) is 7.24. The molecule has 0 radical (unpaired) electrons. The van der Waals surface area contributed by atoms with Crippen molar-refractivity contribution in [3.05, 3.63) is 33.5 Å². The largest absolute Gasteiger partial charge is 0.346 e. The lowest BCUT2D eigenvalue weighted by Gasteiger charge is -2.02. The van der Waals surface area contributed by atoms with E-state index in [0.29, 0.717) is 11.2 Å². The van der Waals surface area contributed by atoms with Gasteiger partial charge in [-0.25, -0.2) is 9.67 Å². The Labute approximate surface area is 125 Å². The van der Waals surface area contributed by atoms with Crippen LogP contribution in [0.1, 0.15) is 46.0 Å². The molecule has 8 heteroatoms. The van der Waals surface area contributed by atoms with Gasteiger partial charge in [0.1, 0.15) is 5.69 Å². The fourth-order valence-electron chi connectivity index (χ4n) is 1.79. The quantitative estimate of drug-likeness (QED) is 0.892. The summed E-state index contributed by atoms with van der Waals surface area (Å²) in [6.07, 6.45) is 3.01. The van der Waals surface area contributed by atoms with E-state index in [1.54, 1.807) is 11.3 Å². The minimum Gasteiger partial charge on any atom is -0.346 e. The van der Waals surface area contributed by atoms with Gasteiger partial charge in [-0.05, 0) is 25.8 Å². The first-order valence-electron chi connectivity index (χ1n) is 6.58. The van der Waals surface area contributed by atoms with Crippen LogP contribution in [-0.4, -0.2) is 20.7 Å². The average Bonchev–Trinajstić information content (AvgIpc) is 3.04. The lowest BCUT2D eigenvalue weighted by Crippen LogP contribution is -2.23. The Morgan fingerprint density at radius 2 is 2.29 bits per heavy atom. The molecule has 5 nitrogen and oxygen atoms in total. The Kier molecular flexibility index (Phi) is 5.00. The summed E-state index contributed by atoms with van der Waals surface area (Å²) in [7, 11) is 0. The predicted molar refractivity (Wildman–Crippen MR) is 75.5 cm³/mol. The van der Waals surface area contributed by atoms with Crippen LogP contribution in [0.5, 0.6) is 0 Å². The van der Waals surface area contributed by atoms with Gasteiger partial charge in [0.05, 0.1) is 17.2 Å². The highest BCUT2D eigenvalue weighted by Crippen LogP contribution is 2.19. The van der Waals surface area contributed by atoms with Crippen LogP contribution < -0.4 is 5.32 Å². The standard InChI is InChI=1S/C13H16F2N4OS/c1-3-4-11-17-8(2)10(21-11)7-16-12(20)9-5-6-19(18-9)13(14)15/h5-6,13H,3-4,7H2,1-2H3,(H,16,20). The number of nitrogens with one attached hydrogen (secondary N) is 1. The number of thiazole rings is 1. The summed E-state index contributed by atoms with van der Waals surface area (Å²) in [5.74, 6) is -0.473. The average molecular weight is 314 g/mol. The molecule has 0 aliphatic carbocycles. The fraction of sp³-hybridized carbons (Fsp3) is 0.462. The minimum absolute atomic E-state index is 0.0220. The van der Waals surface area contributed by atoms with Crippen LogP contribution in [0.25, 0.3) is 0 Å². The van der Waals surface area contributed by atoms with Gasteiger partial charge >= 0.3 is 6.55 Å². The maximum Gasteiger partial charge on any atom is 0.333 e. The van der Waals surface area contributed by atoms with Crippen molar-refractivity contribution < 1.29 is 13.6 Å². The summed E-state index contributed by atoms with van der Waals surface area (Å²) in [5.41, 5.74) is 0.869. The van der Waals surface area contributed by atoms with E-state index in [1.807, 2.05) is 6.92 Å². The van der Waals surface area contributed by atoms with Crippen LogP contribution in [0, 0.1) is 6.92 Å². The zero-order chi connectivity index (χ0) is 15.4. The number of carbonyl (C=O) groups excluding carboxylic acids is 1. The van der Waals surface area contributed by atoms with E-state index in [2.05, 4.69) is 22.3 Å². The molecule has 0 unspecified atom stereocenters. The molecule has 0 saturated heterocycles. The van der Waals surface area contributed by atoms with E-state index in [1.165, 1.54) is 6.07 Å². The van der Waals surface area contributed by atoms with Gasteiger partial charge in [-0.2, -0.15) is 13.9 Å². The van der Waals surface area contributed by atoms with Crippen LogP contribution in [-0.2, 0) is 13.0 Å². The monoisotopic (exact) mass is 314 g/mol. The summed E-state index contributed by atoms with van der Waals surface area (Å²) in [4.78, 5) is 17.2. The third-order valence-corrected chi connectivity index (χ3v) is 4.07. The second kappa shape index (κ2) is 6.75. The van der Waals surface area contributed by atoms with Gasteiger partial charge in [0, 0.05) is 11.1 Å². The Bertz CT molecular complexity index is 623. The summed E-state index contributed by atoms with van der Waals surface area (Å²) < 4.78 is 25.2. The third kappa shape index (κ3) is 3.84. The van der Waals surface area contributed by atoms with Crippen molar-refractivity contribution in [2.45, 2.75) is 39.8 Å². The number of alkyl halides is 2. The van der Waals surface area contributed by atoms with Crippen molar-refractivity contribution in [2.24, 2.45) is 0 Å². The van der Waals surface area contributed by atoms with Gasteiger partial charge in [-0.3, -0.25) is 4.79 Å². The Balaban J connectivity index is 1.97. The van der Waals surface area contributed by atoms with Crippen molar-refractivity contribution in [1.82, 2.24) is 20.1 Å². The van der Waals surface area contributed by atoms with Crippen molar-refractivity contribution >= 4 is 17.2 Å². The summed E-state index contributed by atoms with van der Waals surface area (Å²) in [6.45, 7) is 1.56. The zero-order valence-corrected chi connectivity index (χ0v) is 12.6. The molecular weight excluding hydrogens is 298 g/mol. The van der Waals surface area contributed by atoms with Crippen molar-refractivity contribution in [1.29, 1.82) is 0 Å². The molecule has 0 aliphatic heterocycles. The molecule has 2 aromatic heterocycles. The number of nitrogens with zero attached hydrogens (tertiary/aromatic N) is 3. The predicted octanol–water partition coefficient (Wildman–Crippen LogP) is 2.93. The molecule has 0 spiro atoms. The van der Waals surface area contributed by atoms with Crippen LogP contribution in [0.2, 0.25) is 0 Å². The third-order valence-electron chi connectivity index (χ3n) is 2.85. The van der Waals surface area contributed by atoms with Crippen molar-refractivity contribution in [3.8, 4) is 0 Å². The highest BCUT2D eigenvalue weighted by Gasteiger charge is 2.14. The van der Waals surface area contributed by atoms with Gasteiger partial charge in [-0.15, -0.1) is 11.3 Å². The maximum atomic E-state index is 12.4. The molecule has 0 bridgehead atoms. The molecule has 0 saturated carbocycles. The van der Waals surface area contributed by atoms with E-state index in [-0.39, 0.29) is 5.69 Å². The number of carbonyl (C=O) groups is 1. The summed E-state index contributed by atoms with van der Waals surface area (Å²) in [6, 6.07) is 1.27. The molecule has 114 valence electrons. The highest BCUT2D eigenvalue weighted by molar-refractivity contribution is 7.11. The number of aromatic nitrogens is 3. The SMILES string of the molecule is CCCc1nc(C)c(CNC(=O)c2ccn(C(F)F)n2)s1. The number of hydrogen-bond donors (Lipinski definition) is 1. The van der Waals surface area contributed by atoms with E-state index < -0.39 is 12.5 Å². The summed E-state index contributed by atoms with van der Waals surface area (Å²) >= 11 is 1.56. The van der Waals surface area contributed by atoms with Gasteiger partial charge in [0.25, 0.3) is 5.91 Å². The van der Waals surface area contributed by atoms with Gasteiger partial charge in [-0.1, -0.05) is 6.92 Å². The molecule has 2 aromatic rings. The second-order valence-electron chi connectivity index (χ2n) is 4.51. The second-order valence-corrected chi connectivity index (χ2v) is 5.68. The molecule has 2 heterocycles. The Morgan fingerprint density at radius 1 is 1.52 bits per heavy atom. The first kappa shape index (κ1) is 15.6. The first-order chi connectivity index (χ1) is 10.0. The van der Waals surface area contributed by atoms with Crippen molar-refractivity contribution in [2.75, 3.05) is 0 Å². The topological polar surface area (TPSA) is 59.8 Å². The molecular formula is C13H16F2N4OS. The normalized spacial score (nSPS) is 11.1. The fourth-order valence-corrected chi connectivity index (χ4v) is 2.90. The van der Waals surface area contributed by atoms with E-state index in [0.717, 1.165) is 34.6 Å². The highest BCUT2D eigenvalue weighted by atomic mass is 32.1. The lowest BCUT2D eigenvalue weighted by atomic mass is 10.3. The van der Waals surface area contributed by atoms with E-state index in [4.69, 9.17) is 0 Å². The van der Waals surface area contributed by atoms with Crippen LogP contribution in [0.4, 0.5) is 8.78 Å². The molecule has 21 heavy (non-hydrogen) atoms. The van der Waals surface area contributed by atoms with Gasteiger partial charge in [0.15, 0.2) is 0 Å².